The molecule has 3 aromatic rings. The molecule has 1 saturated heterocycles. The van der Waals surface area contributed by atoms with Gasteiger partial charge in [-0.3, -0.25) is 4.79 Å². The molecule has 4 rings (SSSR count). The number of aromatic nitrogens is 2. The van der Waals surface area contributed by atoms with Crippen LogP contribution in [0.25, 0.3) is 0 Å². The summed E-state index contributed by atoms with van der Waals surface area (Å²) in [6.07, 6.45) is 5.25. The standard InChI is InChI=1S/C24H28N4O3S/c1-30-20-7-2-10-21(16-20)32-23-12-11-22(26-27-23)28-14-4-6-18(17-28)24(29)25-13-3-8-19-9-5-15-31-19/h2,5,7,9-12,15-16,18H,3-4,6,8,13-14,17H2,1H3,(H,25,29). The highest BCUT2D eigenvalue weighted by atomic mass is 32.2. The van der Waals surface area contributed by atoms with E-state index in [0.717, 1.165) is 59.5 Å². The third kappa shape index (κ3) is 6.03. The Morgan fingerprint density at radius 2 is 2.19 bits per heavy atom. The number of anilines is 1. The molecule has 0 spiro atoms. The van der Waals surface area contributed by atoms with Crippen molar-refractivity contribution in [1.29, 1.82) is 0 Å². The van der Waals surface area contributed by atoms with Crippen LogP contribution in [0.3, 0.4) is 0 Å². The molecular formula is C24H28N4O3S. The number of carbonyl (C=O) groups is 1. The summed E-state index contributed by atoms with van der Waals surface area (Å²) in [5, 5.41) is 12.7. The highest BCUT2D eigenvalue weighted by Crippen LogP contribution is 2.29. The minimum absolute atomic E-state index is 0.0278. The first-order chi connectivity index (χ1) is 15.7. The number of carbonyl (C=O) groups excluding carboxylic acids is 1. The first kappa shape index (κ1) is 22.2. The Bertz CT molecular complexity index is 995. The molecule has 7 nitrogen and oxygen atoms in total. The zero-order valence-corrected chi connectivity index (χ0v) is 19.0. The number of nitrogens with zero attached hydrogens (tertiary/aromatic N) is 3. The van der Waals surface area contributed by atoms with Crippen molar-refractivity contribution in [3.8, 4) is 5.75 Å². The molecule has 1 aliphatic heterocycles. The fourth-order valence-electron chi connectivity index (χ4n) is 3.79. The number of piperidine rings is 1. The van der Waals surface area contributed by atoms with Crippen LogP contribution in [-0.2, 0) is 11.2 Å². The molecule has 2 aromatic heterocycles. The molecule has 0 radical (unpaired) electrons. The van der Waals surface area contributed by atoms with Gasteiger partial charge in [-0.05, 0) is 61.7 Å². The maximum atomic E-state index is 12.6. The van der Waals surface area contributed by atoms with E-state index >= 15 is 0 Å². The van der Waals surface area contributed by atoms with Gasteiger partial charge in [0.15, 0.2) is 5.82 Å². The number of hydrogen-bond acceptors (Lipinski definition) is 7. The van der Waals surface area contributed by atoms with Crippen molar-refractivity contribution < 1.29 is 13.9 Å². The predicted molar refractivity (Wildman–Crippen MR) is 124 cm³/mol. The summed E-state index contributed by atoms with van der Waals surface area (Å²) in [5.41, 5.74) is 0. The van der Waals surface area contributed by atoms with Crippen molar-refractivity contribution in [3.63, 3.8) is 0 Å². The Hall–Kier alpha value is -3.00. The second-order valence-corrected chi connectivity index (χ2v) is 8.86. The van der Waals surface area contributed by atoms with Gasteiger partial charge < -0.3 is 19.4 Å². The molecule has 8 heteroatoms. The van der Waals surface area contributed by atoms with Crippen LogP contribution in [0, 0.1) is 5.92 Å². The maximum Gasteiger partial charge on any atom is 0.224 e. The second kappa shape index (κ2) is 11.0. The summed E-state index contributed by atoms with van der Waals surface area (Å²) in [4.78, 5) is 15.8. The Morgan fingerprint density at radius 3 is 2.97 bits per heavy atom. The molecular weight excluding hydrogens is 424 g/mol. The number of furan rings is 1. The molecule has 0 bridgehead atoms. The minimum atomic E-state index is -0.0278. The fraction of sp³-hybridized carbons (Fsp3) is 0.375. The summed E-state index contributed by atoms with van der Waals surface area (Å²) in [6, 6.07) is 15.7. The third-order valence-electron chi connectivity index (χ3n) is 5.49. The summed E-state index contributed by atoms with van der Waals surface area (Å²) in [5.74, 6) is 2.68. The van der Waals surface area contributed by atoms with Crippen molar-refractivity contribution in [2.24, 2.45) is 5.92 Å². The normalized spacial score (nSPS) is 16.0. The fourth-order valence-corrected chi connectivity index (χ4v) is 4.58. The lowest BCUT2D eigenvalue weighted by Gasteiger charge is -2.32. The van der Waals surface area contributed by atoms with Gasteiger partial charge in [0.05, 0.1) is 19.3 Å². The number of methoxy groups -OCH3 is 1. The topological polar surface area (TPSA) is 80.5 Å². The molecule has 1 amide bonds. The summed E-state index contributed by atoms with van der Waals surface area (Å²) >= 11 is 1.55. The lowest BCUT2D eigenvalue weighted by Crippen LogP contribution is -2.43. The number of ether oxygens (including phenoxy) is 1. The van der Waals surface area contributed by atoms with Gasteiger partial charge in [-0.2, -0.15) is 0 Å². The Kier molecular flexibility index (Phi) is 7.66. The average molecular weight is 453 g/mol. The Morgan fingerprint density at radius 1 is 1.25 bits per heavy atom. The van der Waals surface area contributed by atoms with Gasteiger partial charge in [0.2, 0.25) is 5.91 Å². The van der Waals surface area contributed by atoms with Crippen LogP contribution >= 0.6 is 11.8 Å². The van der Waals surface area contributed by atoms with Crippen molar-refractivity contribution >= 4 is 23.5 Å². The lowest BCUT2D eigenvalue weighted by molar-refractivity contribution is -0.125. The molecule has 0 aliphatic carbocycles. The third-order valence-corrected chi connectivity index (χ3v) is 6.40. The molecule has 1 aromatic carbocycles. The van der Waals surface area contributed by atoms with Crippen molar-refractivity contribution in [3.05, 3.63) is 60.6 Å². The van der Waals surface area contributed by atoms with Crippen LogP contribution in [0.2, 0.25) is 0 Å². The van der Waals surface area contributed by atoms with Crippen molar-refractivity contribution in [2.45, 2.75) is 35.6 Å². The highest BCUT2D eigenvalue weighted by Gasteiger charge is 2.26. The number of rotatable bonds is 9. The molecule has 32 heavy (non-hydrogen) atoms. The molecule has 3 heterocycles. The maximum absolute atomic E-state index is 12.6. The number of amides is 1. The molecule has 1 fully saturated rings. The smallest absolute Gasteiger partial charge is 0.224 e. The number of nitrogens with one attached hydrogen (secondary N) is 1. The highest BCUT2D eigenvalue weighted by molar-refractivity contribution is 7.99. The lowest BCUT2D eigenvalue weighted by atomic mass is 9.97. The van der Waals surface area contributed by atoms with Gasteiger partial charge in [0.25, 0.3) is 0 Å². The number of benzene rings is 1. The van der Waals surface area contributed by atoms with Crippen LogP contribution in [0.5, 0.6) is 5.75 Å². The van der Waals surface area contributed by atoms with Crippen LogP contribution < -0.4 is 15.0 Å². The van der Waals surface area contributed by atoms with Gasteiger partial charge in [-0.1, -0.05) is 17.8 Å². The van der Waals surface area contributed by atoms with Crippen LogP contribution in [-0.4, -0.2) is 42.8 Å². The minimum Gasteiger partial charge on any atom is -0.497 e. The quantitative estimate of drug-likeness (QED) is 0.488. The Balaban J connectivity index is 1.27. The zero-order chi connectivity index (χ0) is 22.2. The first-order valence-electron chi connectivity index (χ1n) is 10.9. The van der Waals surface area contributed by atoms with Gasteiger partial charge >= 0.3 is 0 Å². The largest absolute Gasteiger partial charge is 0.497 e. The number of aryl methyl sites for hydroxylation is 1. The summed E-state index contributed by atoms with van der Waals surface area (Å²) < 4.78 is 10.6. The predicted octanol–water partition coefficient (Wildman–Crippen LogP) is 4.19. The van der Waals surface area contributed by atoms with E-state index in [9.17, 15) is 4.79 Å². The summed E-state index contributed by atoms with van der Waals surface area (Å²) in [6.45, 7) is 2.21. The second-order valence-electron chi connectivity index (χ2n) is 7.77. The van der Waals surface area contributed by atoms with E-state index < -0.39 is 0 Å². The first-order valence-corrected chi connectivity index (χ1v) is 11.7. The van der Waals surface area contributed by atoms with E-state index in [1.165, 1.54) is 0 Å². The number of hydrogen-bond donors (Lipinski definition) is 1. The van der Waals surface area contributed by atoms with Gasteiger partial charge in [0.1, 0.15) is 16.5 Å². The van der Waals surface area contributed by atoms with Crippen LogP contribution in [0.4, 0.5) is 5.82 Å². The van der Waals surface area contributed by atoms with E-state index in [-0.39, 0.29) is 11.8 Å². The molecule has 0 saturated carbocycles. The SMILES string of the molecule is COc1cccc(Sc2ccc(N3CCCC(C(=O)NCCCc4ccco4)C3)nn2)c1. The van der Waals surface area contributed by atoms with E-state index in [1.54, 1.807) is 25.1 Å². The van der Waals surface area contributed by atoms with Gasteiger partial charge in [-0.15, -0.1) is 10.2 Å². The monoisotopic (exact) mass is 452 g/mol. The molecule has 1 atom stereocenters. The summed E-state index contributed by atoms with van der Waals surface area (Å²) in [7, 11) is 1.66. The van der Waals surface area contributed by atoms with E-state index in [4.69, 9.17) is 9.15 Å². The van der Waals surface area contributed by atoms with Gasteiger partial charge in [0, 0.05) is 31.0 Å². The molecule has 1 aliphatic rings. The molecule has 168 valence electrons. The van der Waals surface area contributed by atoms with E-state index in [2.05, 4.69) is 20.4 Å². The van der Waals surface area contributed by atoms with Crippen molar-refractivity contribution in [2.75, 3.05) is 31.6 Å². The zero-order valence-electron chi connectivity index (χ0n) is 18.2. The Labute approximate surface area is 192 Å². The average Bonchev–Trinajstić information content (AvgIpc) is 3.36. The molecule has 1 N–H and O–H groups in total. The van der Waals surface area contributed by atoms with Crippen LogP contribution in [0.15, 0.2) is 69.1 Å². The van der Waals surface area contributed by atoms with Crippen LogP contribution in [0.1, 0.15) is 25.0 Å². The van der Waals surface area contributed by atoms with Gasteiger partial charge in [-0.25, -0.2) is 0 Å². The van der Waals surface area contributed by atoms with E-state index in [1.807, 2.05) is 48.5 Å². The van der Waals surface area contributed by atoms with Crippen molar-refractivity contribution in [1.82, 2.24) is 15.5 Å². The van der Waals surface area contributed by atoms with E-state index in [0.29, 0.717) is 13.1 Å². The molecule has 1 unspecified atom stereocenters.